The average Bonchev–Trinajstić information content (AvgIpc) is 3.32. The molecule has 0 spiro atoms. The van der Waals surface area contributed by atoms with Crippen LogP contribution in [0.25, 0.3) is 0 Å². The van der Waals surface area contributed by atoms with Gasteiger partial charge in [0, 0.05) is 31.8 Å². The highest BCUT2D eigenvalue weighted by Crippen LogP contribution is 2.41. The van der Waals surface area contributed by atoms with E-state index in [4.69, 9.17) is 14.2 Å². The minimum absolute atomic E-state index is 0.0841. The molecule has 23 heavy (non-hydrogen) atoms. The van der Waals surface area contributed by atoms with Gasteiger partial charge in [0.1, 0.15) is 6.10 Å². The number of methoxy groups -OCH3 is 2. The first-order valence-corrected chi connectivity index (χ1v) is 8.30. The molecule has 0 aromatic heterocycles. The van der Waals surface area contributed by atoms with Gasteiger partial charge >= 0.3 is 0 Å². The number of rotatable bonds is 5. The lowest BCUT2D eigenvalue weighted by molar-refractivity contribution is -0.134. The first-order valence-electron chi connectivity index (χ1n) is 8.30. The van der Waals surface area contributed by atoms with Crippen LogP contribution in [0.3, 0.4) is 0 Å². The Labute approximate surface area is 137 Å². The molecule has 0 bridgehead atoms. The fraction of sp³-hybridized carbons (Fsp3) is 0.611. The van der Waals surface area contributed by atoms with Crippen LogP contribution in [0.15, 0.2) is 18.2 Å². The maximum Gasteiger partial charge on any atom is 0.225 e. The standard InChI is InChI=1S/C18H25NO4/c1-12-11-14(12)18(20)19-9-7-13(8-10-19)23-17-15(21-2)5-4-6-16(17)22-3/h4-6,12-14H,7-11H2,1-3H3/t12-,14+/m0/s1. The Morgan fingerprint density at radius 3 is 2.17 bits per heavy atom. The SMILES string of the molecule is COc1cccc(OC)c1OC1CCN(C(=O)[C@@H]2C[C@@H]2C)CC1. The number of carbonyl (C=O) groups is 1. The highest BCUT2D eigenvalue weighted by molar-refractivity contribution is 5.81. The molecule has 0 unspecified atom stereocenters. The Balaban J connectivity index is 1.60. The highest BCUT2D eigenvalue weighted by Gasteiger charge is 2.42. The molecule has 5 heteroatoms. The van der Waals surface area contributed by atoms with Crippen molar-refractivity contribution in [2.24, 2.45) is 11.8 Å². The summed E-state index contributed by atoms with van der Waals surface area (Å²) in [6.45, 7) is 3.68. The Hall–Kier alpha value is -1.91. The van der Waals surface area contributed by atoms with E-state index < -0.39 is 0 Å². The zero-order valence-corrected chi connectivity index (χ0v) is 14.1. The molecule has 1 amide bonds. The summed E-state index contributed by atoms with van der Waals surface area (Å²) in [5.41, 5.74) is 0. The molecule has 1 saturated heterocycles. The lowest BCUT2D eigenvalue weighted by atomic mass is 10.1. The Morgan fingerprint density at radius 1 is 1.13 bits per heavy atom. The molecule has 0 radical (unpaired) electrons. The van der Waals surface area contributed by atoms with Crippen molar-refractivity contribution in [1.29, 1.82) is 0 Å². The van der Waals surface area contributed by atoms with Crippen molar-refractivity contribution in [3.05, 3.63) is 18.2 Å². The van der Waals surface area contributed by atoms with Gasteiger partial charge < -0.3 is 19.1 Å². The molecule has 5 nitrogen and oxygen atoms in total. The van der Waals surface area contributed by atoms with Gasteiger partial charge in [-0.05, 0) is 24.5 Å². The van der Waals surface area contributed by atoms with Crippen LogP contribution in [0.2, 0.25) is 0 Å². The monoisotopic (exact) mass is 319 g/mol. The molecule has 1 heterocycles. The smallest absolute Gasteiger partial charge is 0.225 e. The lowest BCUT2D eigenvalue weighted by Crippen LogP contribution is -2.42. The molecule has 2 aliphatic rings. The number of carbonyl (C=O) groups excluding carboxylic acids is 1. The van der Waals surface area contributed by atoms with E-state index in [9.17, 15) is 4.79 Å². The fourth-order valence-electron chi connectivity index (χ4n) is 3.19. The summed E-state index contributed by atoms with van der Waals surface area (Å²) in [4.78, 5) is 14.3. The maximum atomic E-state index is 12.3. The van der Waals surface area contributed by atoms with Crippen molar-refractivity contribution in [2.75, 3.05) is 27.3 Å². The van der Waals surface area contributed by atoms with E-state index in [2.05, 4.69) is 6.92 Å². The summed E-state index contributed by atoms with van der Waals surface area (Å²) in [6.07, 6.45) is 2.82. The third-order valence-electron chi connectivity index (χ3n) is 4.85. The Morgan fingerprint density at radius 2 is 1.70 bits per heavy atom. The molecular weight excluding hydrogens is 294 g/mol. The van der Waals surface area contributed by atoms with Crippen LogP contribution in [0, 0.1) is 11.8 Å². The second kappa shape index (κ2) is 6.69. The van der Waals surface area contributed by atoms with Crippen LogP contribution in [-0.2, 0) is 4.79 Å². The number of ether oxygens (including phenoxy) is 3. The first kappa shape index (κ1) is 16.0. The zero-order chi connectivity index (χ0) is 16.4. The molecule has 126 valence electrons. The van der Waals surface area contributed by atoms with E-state index in [1.807, 2.05) is 23.1 Å². The number of amides is 1. The number of likely N-dealkylation sites (tertiary alicyclic amines) is 1. The van der Waals surface area contributed by atoms with Crippen LogP contribution in [0.4, 0.5) is 0 Å². The van der Waals surface area contributed by atoms with Crippen molar-refractivity contribution >= 4 is 5.91 Å². The first-order chi connectivity index (χ1) is 11.1. The van der Waals surface area contributed by atoms with Gasteiger partial charge in [0.2, 0.25) is 11.7 Å². The van der Waals surface area contributed by atoms with Crippen molar-refractivity contribution in [3.8, 4) is 17.2 Å². The van der Waals surface area contributed by atoms with Gasteiger partial charge in [0.25, 0.3) is 0 Å². The molecule has 1 aromatic rings. The molecule has 2 fully saturated rings. The second-order valence-corrected chi connectivity index (χ2v) is 6.45. The van der Waals surface area contributed by atoms with E-state index in [0.717, 1.165) is 32.4 Å². The summed E-state index contributed by atoms with van der Waals surface area (Å²) < 4.78 is 16.9. The summed E-state index contributed by atoms with van der Waals surface area (Å²) in [5, 5.41) is 0. The Kier molecular flexibility index (Phi) is 4.64. The highest BCUT2D eigenvalue weighted by atomic mass is 16.5. The second-order valence-electron chi connectivity index (χ2n) is 6.45. The third-order valence-corrected chi connectivity index (χ3v) is 4.85. The van der Waals surface area contributed by atoms with Crippen LogP contribution in [0.1, 0.15) is 26.2 Å². The van der Waals surface area contributed by atoms with Gasteiger partial charge in [-0.1, -0.05) is 13.0 Å². The van der Waals surface area contributed by atoms with Crippen molar-refractivity contribution in [1.82, 2.24) is 4.90 Å². The Bertz CT molecular complexity index is 544. The molecule has 0 N–H and O–H groups in total. The average molecular weight is 319 g/mol. The van der Waals surface area contributed by atoms with Crippen LogP contribution < -0.4 is 14.2 Å². The number of piperidine rings is 1. The van der Waals surface area contributed by atoms with Gasteiger partial charge in [-0.2, -0.15) is 0 Å². The van der Waals surface area contributed by atoms with E-state index in [0.29, 0.717) is 29.1 Å². The topological polar surface area (TPSA) is 48.0 Å². The quantitative estimate of drug-likeness (QED) is 0.837. The number of para-hydroxylation sites is 1. The van der Waals surface area contributed by atoms with Gasteiger partial charge in [-0.15, -0.1) is 0 Å². The summed E-state index contributed by atoms with van der Waals surface area (Å²) in [6, 6.07) is 5.61. The van der Waals surface area contributed by atoms with E-state index >= 15 is 0 Å². The minimum Gasteiger partial charge on any atom is -0.493 e. The number of nitrogens with zero attached hydrogens (tertiary/aromatic N) is 1. The molecule has 1 aliphatic carbocycles. The summed E-state index contributed by atoms with van der Waals surface area (Å²) in [7, 11) is 3.25. The van der Waals surface area contributed by atoms with Gasteiger partial charge in [0.05, 0.1) is 14.2 Å². The van der Waals surface area contributed by atoms with E-state index in [1.54, 1.807) is 14.2 Å². The van der Waals surface area contributed by atoms with E-state index in [1.165, 1.54) is 0 Å². The maximum absolute atomic E-state index is 12.3. The summed E-state index contributed by atoms with van der Waals surface area (Å²) in [5.74, 6) is 3.16. The predicted molar refractivity (Wildman–Crippen MR) is 87.0 cm³/mol. The van der Waals surface area contributed by atoms with Crippen molar-refractivity contribution < 1.29 is 19.0 Å². The van der Waals surface area contributed by atoms with E-state index in [-0.39, 0.29) is 12.0 Å². The molecule has 1 saturated carbocycles. The zero-order valence-electron chi connectivity index (χ0n) is 14.1. The van der Waals surface area contributed by atoms with Gasteiger partial charge in [-0.25, -0.2) is 0 Å². The molecular formula is C18H25NO4. The predicted octanol–water partition coefficient (Wildman–Crippen LogP) is 2.73. The summed E-state index contributed by atoms with van der Waals surface area (Å²) >= 11 is 0. The largest absolute Gasteiger partial charge is 0.493 e. The lowest BCUT2D eigenvalue weighted by Gasteiger charge is -2.33. The molecule has 1 aliphatic heterocycles. The molecule has 2 atom stereocenters. The normalized spacial score (nSPS) is 24.2. The van der Waals surface area contributed by atoms with Crippen LogP contribution in [-0.4, -0.2) is 44.2 Å². The van der Waals surface area contributed by atoms with Crippen LogP contribution >= 0.6 is 0 Å². The third kappa shape index (κ3) is 3.38. The number of hydrogen-bond donors (Lipinski definition) is 0. The van der Waals surface area contributed by atoms with Crippen LogP contribution in [0.5, 0.6) is 17.2 Å². The minimum atomic E-state index is 0.0841. The molecule has 1 aromatic carbocycles. The number of benzene rings is 1. The number of hydrogen-bond acceptors (Lipinski definition) is 4. The van der Waals surface area contributed by atoms with Crippen molar-refractivity contribution in [3.63, 3.8) is 0 Å². The van der Waals surface area contributed by atoms with Gasteiger partial charge in [-0.3, -0.25) is 4.79 Å². The van der Waals surface area contributed by atoms with Gasteiger partial charge in [0.15, 0.2) is 11.5 Å². The fourth-order valence-corrected chi connectivity index (χ4v) is 3.19. The van der Waals surface area contributed by atoms with Crippen molar-refractivity contribution in [2.45, 2.75) is 32.3 Å². The molecule has 3 rings (SSSR count).